The number of benzene rings is 8. The normalized spacial score (nSPS) is 11.8. The predicted octanol–water partition coefficient (Wildman–Crippen LogP) is 12.9. The van der Waals surface area contributed by atoms with E-state index >= 15 is 0 Å². The van der Waals surface area contributed by atoms with E-state index in [1.165, 1.54) is 49.0 Å². The highest BCUT2D eigenvalue weighted by Gasteiger charge is 2.18. The molecule has 3 heterocycles. The molecule has 0 unspecified atom stereocenters. The number of para-hydroxylation sites is 2. The van der Waals surface area contributed by atoms with Crippen molar-refractivity contribution in [1.29, 1.82) is 0 Å². The Morgan fingerprint density at radius 1 is 0.288 bits per heavy atom. The third-order valence-electron chi connectivity index (χ3n) is 10.7. The van der Waals surface area contributed by atoms with Gasteiger partial charge in [0.1, 0.15) is 0 Å². The molecule has 0 atom stereocenters. The third-order valence-corrected chi connectivity index (χ3v) is 10.7. The maximum atomic E-state index is 4.85. The average Bonchev–Trinajstić information content (AvgIpc) is 3.22. The Morgan fingerprint density at radius 3 is 1.35 bits per heavy atom. The Morgan fingerprint density at radius 2 is 0.750 bits per heavy atom. The van der Waals surface area contributed by atoms with Crippen LogP contribution >= 0.6 is 0 Å². The molecule has 0 aliphatic rings. The summed E-state index contributed by atoms with van der Waals surface area (Å²) in [5.74, 6) is 0. The summed E-state index contributed by atoms with van der Waals surface area (Å²) in [6.45, 7) is 0. The van der Waals surface area contributed by atoms with Crippen LogP contribution in [0.15, 0.2) is 176 Å². The summed E-state index contributed by atoms with van der Waals surface area (Å²) >= 11 is 0. The molecule has 3 nitrogen and oxygen atoms in total. The third kappa shape index (κ3) is 4.43. The monoisotopic (exact) mass is 659 g/mol. The highest BCUT2D eigenvalue weighted by molar-refractivity contribution is 6.27. The minimum absolute atomic E-state index is 0.996. The van der Waals surface area contributed by atoms with Crippen LogP contribution in [0, 0.1) is 0 Å². The van der Waals surface area contributed by atoms with E-state index in [-0.39, 0.29) is 0 Å². The van der Waals surface area contributed by atoms with Crippen molar-refractivity contribution >= 4 is 65.0 Å². The molecule has 52 heavy (non-hydrogen) atoms. The van der Waals surface area contributed by atoms with Gasteiger partial charge in [-0.3, -0.25) is 15.0 Å². The molecule has 11 aromatic rings. The molecule has 0 spiro atoms. The van der Waals surface area contributed by atoms with E-state index in [4.69, 9.17) is 9.97 Å². The molecule has 0 saturated heterocycles. The van der Waals surface area contributed by atoms with Crippen LogP contribution in [-0.4, -0.2) is 15.0 Å². The molecule has 0 aliphatic heterocycles. The van der Waals surface area contributed by atoms with Crippen molar-refractivity contribution < 1.29 is 0 Å². The number of rotatable bonds is 4. The van der Waals surface area contributed by atoms with E-state index < -0.39 is 0 Å². The Kier molecular flexibility index (Phi) is 6.25. The largest absolute Gasteiger partial charge is 0.256 e. The fourth-order valence-electron chi connectivity index (χ4n) is 8.31. The molecule has 0 fully saturated rings. The molecule has 0 aliphatic carbocycles. The predicted molar refractivity (Wildman–Crippen MR) is 218 cm³/mol. The summed E-state index contributed by atoms with van der Waals surface area (Å²) in [7, 11) is 0. The summed E-state index contributed by atoms with van der Waals surface area (Å²) in [4.78, 5) is 14.4. The van der Waals surface area contributed by atoms with E-state index in [0.29, 0.717) is 0 Å². The highest BCUT2D eigenvalue weighted by atomic mass is 14.7. The molecular formula is C49H29N3. The van der Waals surface area contributed by atoms with Crippen LogP contribution in [0.4, 0.5) is 0 Å². The topological polar surface area (TPSA) is 38.7 Å². The molecule has 8 aromatic carbocycles. The first-order valence-electron chi connectivity index (χ1n) is 17.7. The van der Waals surface area contributed by atoms with Crippen LogP contribution in [0.5, 0.6) is 0 Å². The van der Waals surface area contributed by atoms with Crippen molar-refractivity contribution in [1.82, 2.24) is 15.0 Å². The van der Waals surface area contributed by atoms with Crippen molar-refractivity contribution in [3.63, 3.8) is 0 Å². The SMILES string of the molecule is c1cnc2cc(-c3ccc4ccc5c(-c6cc(-c7cccc8cccnc78)cc(-c7cccc8cccnc78)c6)ccc6ccc3c4c65)ccc2c1. The second-order valence-corrected chi connectivity index (χ2v) is 13.6. The summed E-state index contributed by atoms with van der Waals surface area (Å²) in [6.07, 6.45) is 5.63. The van der Waals surface area contributed by atoms with Crippen molar-refractivity contribution in [3.05, 3.63) is 176 Å². The molecule has 11 rings (SSSR count). The zero-order chi connectivity index (χ0) is 34.2. The van der Waals surface area contributed by atoms with Crippen molar-refractivity contribution in [2.75, 3.05) is 0 Å². The lowest BCUT2D eigenvalue weighted by Crippen LogP contribution is -1.92. The quantitative estimate of drug-likeness (QED) is 0.177. The van der Waals surface area contributed by atoms with Crippen LogP contribution in [0.3, 0.4) is 0 Å². The molecule has 0 radical (unpaired) electrons. The molecule has 3 heteroatoms. The first-order chi connectivity index (χ1) is 25.8. The van der Waals surface area contributed by atoms with E-state index in [1.807, 2.05) is 36.8 Å². The molecule has 240 valence electrons. The van der Waals surface area contributed by atoms with Crippen LogP contribution in [0.1, 0.15) is 0 Å². The van der Waals surface area contributed by atoms with Gasteiger partial charge in [0.25, 0.3) is 0 Å². The van der Waals surface area contributed by atoms with Gasteiger partial charge in [-0.05, 0) is 108 Å². The van der Waals surface area contributed by atoms with E-state index in [2.05, 4.69) is 145 Å². The number of aromatic nitrogens is 3. The lowest BCUT2D eigenvalue weighted by atomic mass is 9.86. The van der Waals surface area contributed by atoms with Gasteiger partial charge >= 0.3 is 0 Å². The standard InChI is InChI=1S/C49H29N3/c1-6-33-9-4-24-51-48(33)41(11-1)37-26-36(27-38(28-37)42-12-2-7-34-10-5-25-52-49(34)42)40-20-16-32-17-21-43-39(19-15-31-18-22-44(40)47(32)46(31)43)35-14-13-30-8-3-23-50-45(30)29-35/h1-29H. The van der Waals surface area contributed by atoms with E-state index in [1.54, 1.807) is 0 Å². The van der Waals surface area contributed by atoms with Crippen molar-refractivity contribution in [2.45, 2.75) is 0 Å². The van der Waals surface area contributed by atoms with Gasteiger partial charge in [0.15, 0.2) is 0 Å². The summed E-state index contributed by atoms with van der Waals surface area (Å²) in [5.41, 5.74) is 12.2. The van der Waals surface area contributed by atoms with Crippen LogP contribution in [-0.2, 0) is 0 Å². The molecule has 0 N–H and O–H groups in total. The maximum absolute atomic E-state index is 4.85. The second kappa shape index (κ2) is 11.3. The Balaban J connectivity index is 1.18. The number of hydrogen-bond donors (Lipinski definition) is 0. The minimum Gasteiger partial charge on any atom is -0.256 e. The van der Waals surface area contributed by atoms with E-state index in [0.717, 1.165) is 60.5 Å². The minimum atomic E-state index is 0.996. The number of fused-ring (bicyclic) bond motifs is 3. The van der Waals surface area contributed by atoms with Gasteiger partial charge in [-0.15, -0.1) is 0 Å². The molecule has 0 saturated carbocycles. The Bertz CT molecular complexity index is 3090. The fourth-order valence-corrected chi connectivity index (χ4v) is 8.31. The van der Waals surface area contributed by atoms with Crippen molar-refractivity contribution in [3.8, 4) is 44.5 Å². The van der Waals surface area contributed by atoms with Crippen LogP contribution in [0.25, 0.3) is 110 Å². The van der Waals surface area contributed by atoms with Gasteiger partial charge in [0.2, 0.25) is 0 Å². The number of pyridine rings is 3. The smallest absolute Gasteiger partial charge is 0.0780 e. The fraction of sp³-hybridized carbons (Fsp3) is 0. The highest BCUT2D eigenvalue weighted by Crippen LogP contribution is 2.44. The first kappa shape index (κ1) is 28.8. The van der Waals surface area contributed by atoms with Gasteiger partial charge in [-0.2, -0.15) is 0 Å². The zero-order valence-electron chi connectivity index (χ0n) is 28.1. The molecule has 0 bridgehead atoms. The van der Waals surface area contributed by atoms with Crippen LogP contribution < -0.4 is 0 Å². The molecule has 0 amide bonds. The Hall–Kier alpha value is -6.97. The van der Waals surface area contributed by atoms with Crippen molar-refractivity contribution in [2.24, 2.45) is 0 Å². The average molecular weight is 660 g/mol. The molecule has 3 aromatic heterocycles. The zero-order valence-corrected chi connectivity index (χ0v) is 28.1. The van der Waals surface area contributed by atoms with Gasteiger partial charge in [0.05, 0.1) is 16.6 Å². The lowest BCUT2D eigenvalue weighted by Gasteiger charge is -2.18. The lowest BCUT2D eigenvalue weighted by molar-refractivity contribution is 1.41. The molecular weight excluding hydrogens is 631 g/mol. The maximum Gasteiger partial charge on any atom is 0.0780 e. The van der Waals surface area contributed by atoms with Gasteiger partial charge in [-0.1, -0.05) is 115 Å². The first-order valence-corrected chi connectivity index (χ1v) is 17.7. The van der Waals surface area contributed by atoms with Gasteiger partial charge in [-0.25, -0.2) is 0 Å². The number of nitrogens with zero attached hydrogens (tertiary/aromatic N) is 3. The van der Waals surface area contributed by atoms with Crippen LogP contribution in [0.2, 0.25) is 0 Å². The summed E-state index contributed by atoms with van der Waals surface area (Å²) in [6, 6.07) is 57.2. The second-order valence-electron chi connectivity index (χ2n) is 13.6. The Labute approximate surface area is 299 Å². The number of hydrogen-bond acceptors (Lipinski definition) is 3. The van der Waals surface area contributed by atoms with Gasteiger partial charge in [0, 0.05) is 45.9 Å². The van der Waals surface area contributed by atoms with E-state index in [9.17, 15) is 0 Å². The summed E-state index contributed by atoms with van der Waals surface area (Å²) in [5, 5.41) is 11.0. The summed E-state index contributed by atoms with van der Waals surface area (Å²) < 4.78 is 0. The van der Waals surface area contributed by atoms with Gasteiger partial charge < -0.3 is 0 Å².